The lowest BCUT2D eigenvalue weighted by Gasteiger charge is -2.30. The quantitative estimate of drug-likeness (QED) is 0.816. The molecule has 1 atom stereocenters. The Bertz CT molecular complexity index is 730. The van der Waals surface area contributed by atoms with Crippen molar-refractivity contribution in [2.45, 2.75) is 25.9 Å². The third-order valence-corrected chi connectivity index (χ3v) is 5.20. The number of benzene rings is 1. The van der Waals surface area contributed by atoms with Crippen molar-refractivity contribution < 1.29 is 4.79 Å². The average molecular weight is 367 g/mol. The van der Waals surface area contributed by atoms with E-state index < -0.39 is 0 Å². The monoisotopic (exact) mass is 366 g/mol. The van der Waals surface area contributed by atoms with Gasteiger partial charge in [-0.1, -0.05) is 29.8 Å². The predicted octanol–water partition coefficient (Wildman–Crippen LogP) is 2.73. The number of carbonyl (C=O) groups is 1. The first kappa shape index (κ1) is 19.5. The second kappa shape index (κ2) is 9.11. The summed E-state index contributed by atoms with van der Waals surface area (Å²) in [5, 5.41) is 0. The fourth-order valence-corrected chi connectivity index (χ4v) is 3.68. The molecule has 0 N–H and O–H groups in total. The molecule has 1 fully saturated rings. The molecule has 0 radical (unpaired) electrons. The maximum absolute atomic E-state index is 13.3. The average Bonchev–Trinajstić information content (AvgIpc) is 2.90. The Kier molecular flexibility index (Phi) is 6.58. The van der Waals surface area contributed by atoms with Gasteiger partial charge in [0.15, 0.2) is 0 Å². The summed E-state index contributed by atoms with van der Waals surface area (Å²) < 4.78 is 0. The normalized spacial score (nSPS) is 17.0. The van der Waals surface area contributed by atoms with Crippen LogP contribution in [0.15, 0.2) is 48.8 Å². The molecule has 144 valence electrons. The van der Waals surface area contributed by atoms with Crippen LogP contribution in [0.25, 0.3) is 0 Å². The first-order chi connectivity index (χ1) is 13.0. The highest BCUT2D eigenvalue weighted by molar-refractivity contribution is 5.83. The molecule has 27 heavy (non-hydrogen) atoms. The lowest BCUT2D eigenvalue weighted by atomic mass is 10.0. The maximum Gasteiger partial charge on any atom is 0.244 e. The zero-order chi connectivity index (χ0) is 19.2. The van der Waals surface area contributed by atoms with Crippen molar-refractivity contribution in [3.05, 3.63) is 65.5 Å². The van der Waals surface area contributed by atoms with E-state index in [1.165, 1.54) is 11.1 Å². The van der Waals surface area contributed by atoms with Crippen LogP contribution in [0.1, 0.15) is 29.2 Å². The van der Waals surface area contributed by atoms with Crippen LogP contribution in [0, 0.1) is 6.92 Å². The zero-order valence-corrected chi connectivity index (χ0v) is 16.6. The van der Waals surface area contributed by atoms with E-state index in [0.29, 0.717) is 0 Å². The van der Waals surface area contributed by atoms with Gasteiger partial charge >= 0.3 is 0 Å². The number of carbonyl (C=O) groups excluding carboxylic acids is 1. The molecule has 3 rings (SSSR count). The Balaban J connectivity index is 1.66. The van der Waals surface area contributed by atoms with Crippen LogP contribution < -0.4 is 0 Å². The van der Waals surface area contributed by atoms with Crippen LogP contribution in [0.2, 0.25) is 0 Å². The predicted molar refractivity (Wildman–Crippen MR) is 108 cm³/mol. The van der Waals surface area contributed by atoms with Crippen molar-refractivity contribution in [2.75, 3.05) is 40.3 Å². The third-order valence-electron chi connectivity index (χ3n) is 5.20. The Labute approximate surface area is 162 Å². The van der Waals surface area contributed by atoms with Gasteiger partial charge < -0.3 is 4.90 Å². The number of likely N-dealkylation sites (N-methyl/N-ethyl adjacent to an activating group) is 1. The number of hydrogen-bond acceptors (Lipinski definition) is 4. The number of hydrogen-bond donors (Lipinski definition) is 0. The Morgan fingerprint density at radius 1 is 1.04 bits per heavy atom. The molecule has 1 aliphatic rings. The molecule has 5 nitrogen and oxygen atoms in total. The minimum Gasteiger partial charge on any atom is -0.340 e. The van der Waals surface area contributed by atoms with Crippen LogP contribution in [-0.4, -0.2) is 65.9 Å². The number of nitrogens with zero attached hydrogens (tertiary/aromatic N) is 4. The summed E-state index contributed by atoms with van der Waals surface area (Å²) in [6.07, 6.45) is 4.68. The zero-order valence-electron chi connectivity index (χ0n) is 16.6. The van der Waals surface area contributed by atoms with Gasteiger partial charge in [-0.05, 0) is 50.7 Å². The summed E-state index contributed by atoms with van der Waals surface area (Å²) in [5.74, 6) is 0.203. The topological polar surface area (TPSA) is 39.7 Å². The molecule has 0 bridgehead atoms. The van der Waals surface area contributed by atoms with Crippen molar-refractivity contribution in [2.24, 2.45) is 0 Å². The van der Waals surface area contributed by atoms with Gasteiger partial charge in [-0.25, -0.2) is 0 Å². The molecule has 2 aromatic rings. The SMILES string of the molecule is Cc1ccc([C@H](C(=O)N2CCCN(Cc3ccncc3)CC2)N(C)C)cc1. The lowest BCUT2D eigenvalue weighted by Crippen LogP contribution is -2.42. The van der Waals surface area contributed by atoms with Crippen LogP contribution in [0.5, 0.6) is 0 Å². The van der Waals surface area contributed by atoms with E-state index in [-0.39, 0.29) is 11.9 Å². The van der Waals surface area contributed by atoms with Gasteiger partial charge in [0.05, 0.1) is 0 Å². The van der Waals surface area contributed by atoms with Crippen molar-refractivity contribution in [1.82, 2.24) is 19.7 Å². The molecular weight excluding hydrogens is 336 g/mol. The van der Waals surface area contributed by atoms with Crippen molar-refractivity contribution in [3.8, 4) is 0 Å². The largest absolute Gasteiger partial charge is 0.340 e. The molecule has 1 amide bonds. The van der Waals surface area contributed by atoms with Gasteiger partial charge in [-0.2, -0.15) is 0 Å². The summed E-state index contributed by atoms with van der Waals surface area (Å²) >= 11 is 0. The fourth-order valence-electron chi connectivity index (χ4n) is 3.68. The van der Waals surface area contributed by atoms with Gasteiger partial charge in [0.25, 0.3) is 0 Å². The maximum atomic E-state index is 13.3. The van der Waals surface area contributed by atoms with Gasteiger partial charge in [-0.15, -0.1) is 0 Å². The molecule has 1 aromatic heterocycles. The van der Waals surface area contributed by atoms with E-state index in [1.54, 1.807) is 0 Å². The molecule has 2 heterocycles. The van der Waals surface area contributed by atoms with Crippen molar-refractivity contribution in [1.29, 1.82) is 0 Å². The summed E-state index contributed by atoms with van der Waals surface area (Å²) in [6, 6.07) is 12.2. The van der Waals surface area contributed by atoms with Gasteiger partial charge in [0, 0.05) is 45.1 Å². The smallest absolute Gasteiger partial charge is 0.244 e. The van der Waals surface area contributed by atoms with E-state index in [0.717, 1.165) is 44.7 Å². The van der Waals surface area contributed by atoms with E-state index in [9.17, 15) is 4.79 Å². The highest BCUT2D eigenvalue weighted by Gasteiger charge is 2.29. The van der Waals surface area contributed by atoms with Crippen LogP contribution in [-0.2, 0) is 11.3 Å². The van der Waals surface area contributed by atoms with Crippen LogP contribution in [0.3, 0.4) is 0 Å². The molecule has 5 heteroatoms. The number of rotatable bonds is 5. The summed E-state index contributed by atoms with van der Waals surface area (Å²) in [7, 11) is 3.96. The molecular formula is C22H30N4O. The van der Waals surface area contributed by atoms with E-state index in [1.807, 2.05) is 36.3 Å². The first-order valence-corrected chi connectivity index (χ1v) is 9.67. The Hall–Kier alpha value is -2.24. The van der Waals surface area contributed by atoms with E-state index >= 15 is 0 Å². The molecule has 1 aliphatic heterocycles. The van der Waals surface area contributed by atoms with Crippen LogP contribution >= 0.6 is 0 Å². The summed E-state index contributed by atoms with van der Waals surface area (Å²) in [4.78, 5) is 23.9. The minimum atomic E-state index is -0.225. The highest BCUT2D eigenvalue weighted by Crippen LogP contribution is 2.22. The fraction of sp³-hybridized carbons (Fsp3) is 0.455. The van der Waals surface area contributed by atoms with Crippen molar-refractivity contribution >= 4 is 5.91 Å². The van der Waals surface area contributed by atoms with Gasteiger partial charge in [0.2, 0.25) is 5.91 Å². The van der Waals surface area contributed by atoms with Crippen LogP contribution in [0.4, 0.5) is 0 Å². The Morgan fingerprint density at radius 3 is 2.41 bits per heavy atom. The minimum absolute atomic E-state index is 0.203. The highest BCUT2D eigenvalue weighted by atomic mass is 16.2. The molecule has 1 saturated heterocycles. The molecule has 0 unspecified atom stereocenters. The second-order valence-electron chi connectivity index (χ2n) is 7.59. The molecule has 1 aromatic carbocycles. The number of aromatic nitrogens is 1. The number of amides is 1. The lowest BCUT2D eigenvalue weighted by molar-refractivity contribution is -0.136. The first-order valence-electron chi connectivity index (χ1n) is 9.67. The summed E-state index contributed by atoms with van der Waals surface area (Å²) in [5.41, 5.74) is 3.55. The third kappa shape index (κ3) is 5.15. The van der Waals surface area contributed by atoms with Gasteiger partial charge in [-0.3, -0.25) is 19.6 Å². The molecule has 0 spiro atoms. The summed E-state index contributed by atoms with van der Waals surface area (Å²) in [6.45, 7) is 6.51. The van der Waals surface area contributed by atoms with E-state index in [4.69, 9.17) is 0 Å². The second-order valence-corrected chi connectivity index (χ2v) is 7.59. The molecule has 0 aliphatic carbocycles. The molecule has 0 saturated carbocycles. The Morgan fingerprint density at radius 2 is 1.74 bits per heavy atom. The standard InChI is InChI=1S/C22H30N4O/c1-18-5-7-20(8-6-18)21(24(2)3)22(27)26-14-4-13-25(15-16-26)17-19-9-11-23-12-10-19/h5-12,21H,4,13-17H2,1-3H3/t21-/m1/s1. The van der Waals surface area contributed by atoms with Gasteiger partial charge in [0.1, 0.15) is 6.04 Å². The number of pyridine rings is 1. The van der Waals surface area contributed by atoms with Crippen molar-refractivity contribution in [3.63, 3.8) is 0 Å². The van der Waals surface area contributed by atoms with E-state index in [2.05, 4.69) is 53.2 Å². The number of aryl methyl sites for hydroxylation is 1.